The van der Waals surface area contributed by atoms with E-state index < -0.39 is 5.82 Å². The Kier molecular flexibility index (Phi) is 3.68. The topological polar surface area (TPSA) is 38.1 Å². The van der Waals surface area contributed by atoms with E-state index in [9.17, 15) is 9.18 Å². The highest BCUT2D eigenvalue weighted by molar-refractivity contribution is 6.31. The average Bonchev–Trinajstić information content (AvgIpc) is 2.96. The second-order valence-corrected chi connectivity index (χ2v) is 5.63. The van der Waals surface area contributed by atoms with Crippen LogP contribution in [-0.4, -0.2) is 22.5 Å². The third-order valence-corrected chi connectivity index (χ3v) is 4.21. The van der Waals surface area contributed by atoms with Gasteiger partial charge in [-0.25, -0.2) is 9.37 Å². The minimum absolute atomic E-state index is 0.00641. The van der Waals surface area contributed by atoms with Gasteiger partial charge in [0.05, 0.1) is 5.02 Å². The Labute approximate surface area is 127 Å². The maximum Gasteiger partial charge on any atom is 0.230 e. The van der Waals surface area contributed by atoms with Gasteiger partial charge in [0.25, 0.3) is 0 Å². The van der Waals surface area contributed by atoms with Crippen LogP contribution in [0.15, 0.2) is 30.6 Å². The van der Waals surface area contributed by atoms with Crippen molar-refractivity contribution in [2.45, 2.75) is 19.4 Å². The molecule has 1 aliphatic heterocycles. The lowest BCUT2D eigenvalue weighted by Gasteiger charge is -2.27. The summed E-state index contributed by atoms with van der Waals surface area (Å²) in [5.74, 6) is 0.353. The SMILES string of the molecule is CN(C(=O)C1CCn2ccnc2C1)c1ccc(F)c(Cl)c1. The number of aromatic nitrogens is 2. The van der Waals surface area contributed by atoms with Gasteiger partial charge in [-0.15, -0.1) is 0 Å². The molecule has 2 heterocycles. The van der Waals surface area contributed by atoms with Gasteiger partial charge in [-0.05, 0) is 24.6 Å². The molecule has 1 atom stereocenters. The Morgan fingerprint density at radius 3 is 3.10 bits per heavy atom. The van der Waals surface area contributed by atoms with Gasteiger partial charge in [0, 0.05) is 44.0 Å². The Morgan fingerprint density at radius 2 is 2.33 bits per heavy atom. The average molecular weight is 308 g/mol. The van der Waals surface area contributed by atoms with Crippen LogP contribution in [0, 0.1) is 11.7 Å². The molecule has 3 rings (SSSR count). The van der Waals surface area contributed by atoms with Crippen molar-refractivity contribution in [3.8, 4) is 0 Å². The van der Waals surface area contributed by atoms with E-state index >= 15 is 0 Å². The molecule has 110 valence electrons. The highest BCUT2D eigenvalue weighted by atomic mass is 35.5. The van der Waals surface area contributed by atoms with Gasteiger partial charge in [-0.2, -0.15) is 0 Å². The van der Waals surface area contributed by atoms with Crippen LogP contribution in [0.25, 0.3) is 0 Å². The molecule has 4 nitrogen and oxygen atoms in total. The van der Waals surface area contributed by atoms with Crippen LogP contribution < -0.4 is 4.90 Å². The molecule has 0 fully saturated rings. The largest absolute Gasteiger partial charge is 0.335 e. The maximum atomic E-state index is 13.2. The molecule has 0 radical (unpaired) electrons. The van der Waals surface area contributed by atoms with Crippen molar-refractivity contribution in [1.82, 2.24) is 9.55 Å². The Hall–Kier alpha value is -1.88. The van der Waals surface area contributed by atoms with E-state index in [2.05, 4.69) is 9.55 Å². The van der Waals surface area contributed by atoms with Crippen LogP contribution in [-0.2, 0) is 17.8 Å². The van der Waals surface area contributed by atoms with Crippen LogP contribution >= 0.6 is 11.6 Å². The monoisotopic (exact) mass is 307 g/mol. The normalized spacial score (nSPS) is 17.4. The van der Waals surface area contributed by atoms with Crippen molar-refractivity contribution in [1.29, 1.82) is 0 Å². The van der Waals surface area contributed by atoms with E-state index in [0.29, 0.717) is 12.1 Å². The third-order valence-electron chi connectivity index (χ3n) is 3.92. The fraction of sp³-hybridized carbons (Fsp3) is 0.333. The van der Waals surface area contributed by atoms with E-state index in [1.807, 2.05) is 6.20 Å². The van der Waals surface area contributed by atoms with Gasteiger partial charge < -0.3 is 9.47 Å². The first-order chi connectivity index (χ1) is 10.1. The number of anilines is 1. The Balaban J connectivity index is 1.77. The number of hydrogen-bond donors (Lipinski definition) is 0. The second kappa shape index (κ2) is 5.48. The van der Waals surface area contributed by atoms with E-state index in [0.717, 1.165) is 18.8 Å². The van der Waals surface area contributed by atoms with Crippen LogP contribution in [0.5, 0.6) is 0 Å². The lowest BCUT2D eigenvalue weighted by molar-refractivity contribution is -0.122. The fourth-order valence-electron chi connectivity index (χ4n) is 2.66. The van der Waals surface area contributed by atoms with Gasteiger partial charge in [-0.3, -0.25) is 4.79 Å². The lowest BCUT2D eigenvalue weighted by atomic mass is 9.96. The highest BCUT2D eigenvalue weighted by Crippen LogP contribution is 2.26. The Morgan fingerprint density at radius 1 is 1.52 bits per heavy atom. The standard InChI is InChI=1S/C15H15ClFN3O/c1-19(11-2-3-13(17)12(16)9-11)15(21)10-4-6-20-7-5-18-14(20)8-10/h2-3,5,7,9-10H,4,6,8H2,1H3. The summed E-state index contributed by atoms with van der Waals surface area (Å²) in [4.78, 5) is 18.4. The number of rotatable bonds is 2. The minimum Gasteiger partial charge on any atom is -0.335 e. The number of carbonyl (C=O) groups is 1. The number of fused-ring (bicyclic) bond motifs is 1. The summed E-state index contributed by atoms with van der Waals surface area (Å²) >= 11 is 5.77. The second-order valence-electron chi connectivity index (χ2n) is 5.22. The van der Waals surface area contributed by atoms with E-state index in [4.69, 9.17) is 11.6 Å². The van der Waals surface area contributed by atoms with Gasteiger partial charge in [-0.1, -0.05) is 11.6 Å². The number of nitrogens with zero attached hydrogens (tertiary/aromatic N) is 3. The predicted octanol–water partition coefficient (Wildman–Crippen LogP) is 2.90. The number of hydrogen-bond acceptors (Lipinski definition) is 2. The first kappa shape index (κ1) is 14.1. The minimum atomic E-state index is -0.485. The van der Waals surface area contributed by atoms with Crippen molar-refractivity contribution in [2.75, 3.05) is 11.9 Å². The van der Waals surface area contributed by atoms with E-state index in [-0.39, 0.29) is 16.8 Å². The summed E-state index contributed by atoms with van der Waals surface area (Å²) in [5.41, 5.74) is 0.598. The molecule has 21 heavy (non-hydrogen) atoms. The molecule has 0 bridgehead atoms. The van der Waals surface area contributed by atoms with Crippen molar-refractivity contribution in [2.24, 2.45) is 5.92 Å². The molecular weight excluding hydrogens is 293 g/mol. The number of halogens is 2. The van der Waals surface area contributed by atoms with Gasteiger partial charge >= 0.3 is 0 Å². The Bertz CT molecular complexity index is 685. The molecule has 1 aromatic carbocycles. The molecule has 1 amide bonds. The quantitative estimate of drug-likeness (QED) is 0.855. The summed E-state index contributed by atoms with van der Waals surface area (Å²) in [6.07, 6.45) is 5.09. The van der Waals surface area contributed by atoms with Gasteiger partial charge in [0.15, 0.2) is 0 Å². The van der Waals surface area contributed by atoms with Crippen molar-refractivity contribution >= 4 is 23.2 Å². The van der Waals surface area contributed by atoms with Gasteiger partial charge in [0.1, 0.15) is 11.6 Å². The number of amides is 1. The van der Waals surface area contributed by atoms with Crippen molar-refractivity contribution in [3.63, 3.8) is 0 Å². The molecule has 0 aliphatic carbocycles. The molecule has 1 unspecified atom stereocenters. The zero-order chi connectivity index (χ0) is 15.0. The summed E-state index contributed by atoms with van der Waals surface area (Å²) in [6.45, 7) is 0.795. The molecule has 6 heteroatoms. The zero-order valence-corrected chi connectivity index (χ0v) is 12.3. The molecular formula is C15H15ClFN3O. The van der Waals surface area contributed by atoms with Gasteiger partial charge in [0.2, 0.25) is 5.91 Å². The summed E-state index contributed by atoms with van der Waals surface area (Å²) in [5, 5.41) is 0.0198. The number of aryl methyl sites for hydroxylation is 1. The molecule has 1 aromatic heterocycles. The number of benzene rings is 1. The molecule has 0 saturated heterocycles. The van der Waals surface area contributed by atoms with Crippen molar-refractivity contribution < 1.29 is 9.18 Å². The predicted molar refractivity (Wildman–Crippen MR) is 78.9 cm³/mol. The smallest absolute Gasteiger partial charge is 0.230 e. The molecule has 0 spiro atoms. The highest BCUT2D eigenvalue weighted by Gasteiger charge is 2.28. The van der Waals surface area contributed by atoms with Crippen molar-refractivity contribution in [3.05, 3.63) is 47.3 Å². The third kappa shape index (κ3) is 2.65. The first-order valence-corrected chi connectivity index (χ1v) is 7.16. The van der Waals surface area contributed by atoms with Crippen LogP contribution in [0.4, 0.5) is 10.1 Å². The zero-order valence-electron chi connectivity index (χ0n) is 11.6. The van der Waals surface area contributed by atoms with Crippen LogP contribution in [0.1, 0.15) is 12.2 Å². The fourth-order valence-corrected chi connectivity index (χ4v) is 2.83. The molecule has 0 N–H and O–H groups in total. The van der Waals surface area contributed by atoms with Crippen LogP contribution in [0.2, 0.25) is 5.02 Å². The molecule has 1 aliphatic rings. The summed E-state index contributed by atoms with van der Waals surface area (Å²) < 4.78 is 15.3. The summed E-state index contributed by atoms with van der Waals surface area (Å²) in [7, 11) is 1.69. The molecule has 2 aromatic rings. The van der Waals surface area contributed by atoms with E-state index in [1.165, 1.54) is 17.0 Å². The maximum absolute atomic E-state index is 13.2. The summed E-state index contributed by atoms with van der Waals surface area (Å²) in [6, 6.07) is 4.30. The van der Waals surface area contributed by atoms with E-state index in [1.54, 1.807) is 19.3 Å². The number of imidazole rings is 1. The first-order valence-electron chi connectivity index (χ1n) is 6.79. The molecule has 0 saturated carbocycles. The lowest BCUT2D eigenvalue weighted by Crippen LogP contribution is -2.37. The van der Waals surface area contributed by atoms with Crippen LogP contribution in [0.3, 0.4) is 0 Å². The number of carbonyl (C=O) groups excluding carboxylic acids is 1.